The second kappa shape index (κ2) is 7.08. The van der Waals surface area contributed by atoms with Gasteiger partial charge in [0.05, 0.1) is 12.1 Å². The van der Waals surface area contributed by atoms with Gasteiger partial charge in [-0.3, -0.25) is 4.98 Å². The number of halogens is 1. The van der Waals surface area contributed by atoms with E-state index in [0.29, 0.717) is 22.2 Å². The van der Waals surface area contributed by atoms with Crippen LogP contribution in [0.25, 0.3) is 10.9 Å². The Labute approximate surface area is 138 Å². The molecule has 0 saturated heterocycles. The van der Waals surface area contributed by atoms with Gasteiger partial charge in [-0.2, -0.15) is 0 Å². The van der Waals surface area contributed by atoms with E-state index in [2.05, 4.69) is 4.98 Å². The quantitative estimate of drug-likeness (QED) is 0.662. The van der Waals surface area contributed by atoms with E-state index in [4.69, 9.17) is 9.47 Å². The largest absolute Gasteiger partial charge is 0.487 e. The van der Waals surface area contributed by atoms with Crippen LogP contribution < -0.4 is 4.74 Å². The summed E-state index contributed by atoms with van der Waals surface area (Å²) in [5.74, 6) is -0.436. The summed E-state index contributed by atoms with van der Waals surface area (Å²) in [6.45, 7) is 2.13. The van der Waals surface area contributed by atoms with Gasteiger partial charge in [0.1, 0.15) is 23.7 Å². The van der Waals surface area contributed by atoms with E-state index < -0.39 is 5.97 Å². The van der Waals surface area contributed by atoms with Crippen LogP contribution in [0.4, 0.5) is 4.39 Å². The van der Waals surface area contributed by atoms with Crippen molar-refractivity contribution < 1.29 is 18.7 Å². The maximum Gasteiger partial charge on any atom is 0.343 e. The van der Waals surface area contributed by atoms with E-state index in [1.807, 2.05) is 24.3 Å². The van der Waals surface area contributed by atoms with Crippen LogP contribution in [0.1, 0.15) is 22.8 Å². The Morgan fingerprint density at radius 2 is 2.00 bits per heavy atom. The predicted molar refractivity (Wildman–Crippen MR) is 88.4 cm³/mol. The molecule has 1 aromatic heterocycles. The van der Waals surface area contributed by atoms with Crippen LogP contribution in [0, 0.1) is 5.82 Å². The molecule has 0 N–H and O–H groups in total. The van der Waals surface area contributed by atoms with Gasteiger partial charge in [0.15, 0.2) is 0 Å². The Morgan fingerprint density at radius 1 is 1.17 bits per heavy atom. The third-order valence-electron chi connectivity index (χ3n) is 3.49. The van der Waals surface area contributed by atoms with Crippen molar-refractivity contribution in [1.82, 2.24) is 4.98 Å². The lowest BCUT2D eigenvalue weighted by Gasteiger charge is -2.13. The standard InChI is InChI=1S/C19H16FNO3/c1-2-23-19(22)16-11-21-17-9-4-3-8-15(17)18(16)24-12-13-6-5-7-14(20)10-13/h3-11H,2,12H2,1H3. The van der Waals surface area contributed by atoms with Crippen molar-refractivity contribution in [1.29, 1.82) is 0 Å². The van der Waals surface area contributed by atoms with E-state index in [9.17, 15) is 9.18 Å². The Hall–Kier alpha value is -2.95. The van der Waals surface area contributed by atoms with Gasteiger partial charge in [-0.05, 0) is 36.8 Å². The van der Waals surface area contributed by atoms with Crippen LogP contribution in [0.5, 0.6) is 5.75 Å². The third-order valence-corrected chi connectivity index (χ3v) is 3.49. The zero-order valence-corrected chi connectivity index (χ0v) is 13.2. The molecule has 0 aliphatic rings. The number of hydrogen-bond donors (Lipinski definition) is 0. The number of ether oxygens (including phenoxy) is 2. The molecule has 0 radical (unpaired) electrons. The number of para-hydroxylation sites is 1. The van der Waals surface area contributed by atoms with Gasteiger partial charge < -0.3 is 9.47 Å². The highest BCUT2D eigenvalue weighted by atomic mass is 19.1. The van der Waals surface area contributed by atoms with Gasteiger partial charge in [0.2, 0.25) is 0 Å². The SMILES string of the molecule is CCOC(=O)c1cnc2ccccc2c1OCc1cccc(F)c1. The molecule has 24 heavy (non-hydrogen) atoms. The molecule has 122 valence electrons. The van der Waals surface area contributed by atoms with Crippen LogP contribution >= 0.6 is 0 Å². The smallest absolute Gasteiger partial charge is 0.343 e. The highest BCUT2D eigenvalue weighted by molar-refractivity contribution is 5.99. The molecule has 4 nitrogen and oxygen atoms in total. The molecule has 0 amide bonds. The van der Waals surface area contributed by atoms with Gasteiger partial charge in [0, 0.05) is 11.6 Å². The van der Waals surface area contributed by atoms with Crippen molar-refractivity contribution in [3.63, 3.8) is 0 Å². The monoisotopic (exact) mass is 325 g/mol. The molecule has 3 rings (SSSR count). The summed E-state index contributed by atoms with van der Waals surface area (Å²) < 4.78 is 24.2. The van der Waals surface area contributed by atoms with Crippen LogP contribution in [0.15, 0.2) is 54.7 Å². The number of esters is 1. The number of nitrogens with zero attached hydrogens (tertiary/aromatic N) is 1. The first-order valence-corrected chi connectivity index (χ1v) is 7.61. The van der Waals surface area contributed by atoms with Crippen LogP contribution in [0.3, 0.4) is 0 Å². The molecule has 0 bridgehead atoms. The maximum atomic E-state index is 13.3. The highest BCUT2D eigenvalue weighted by Crippen LogP contribution is 2.29. The van der Waals surface area contributed by atoms with Gasteiger partial charge in [-0.15, -0.1) is 0 Å². The zero-order valence-electron chi connectivity index (χ0n) is 13.2. The van der Waals surface area contributed by atoms with Crippen molar-refractivity contribution in [3.8, 4) is 5.75 Å². The first-order chi connectivity index (χ1) is 11.7. The predicted octanol–water partition coefficient (Wildman–Crippen LogP) is 4.13. The fourth-order valence-corrected chi connectivity index (χ4v) is 2.41. The molecule has 2 aromatic carbocycles. The minimum atomic E-state index is -0.495. The number of rotatable bonds is 5. The average Bonchev–Trinajstić information content (AvgIpc) is 2.59. The molecular weight excluding hydrogens is 309 g/mol. The lowest BCUT2D eigenvalue weighted by molar-refractivity contribution is 0.0521. The van der Waals surface area contributed by atoms with Crippen LogP contribution in [0.2, 0.25) is 0 Å². The summed E-state index contributed by atoms with van der Waals surface area (Å²) in [4.78, 5) is 16.4. The molecular formula is C19H16FNO3. The molecule has 1 heterocycles. The topological polar surface area (TPSA) is 48.4 Å². The number of pyridine rings is 1. The van der Waals surface area contributed by atoms with Gasteiger partial charge >= 0.3 is 5.97 Å². The molecule has 0 aliphatic heterocycles. The van der Waals surface area contributed by atoms with E-state index in [1.165, 1.54) is 18.3 Å². The molecule has 0 unspecified atom stereocenters. The lowest BCUT2D eigenvalue weighted by atomic mass is 10.1. The third kappa shape index (κ3) is 3.35. The fraction of sp³-hybridized carbons (Fsp3) is 0.158. The van der Waals surface area contributed by atoms with Crippen molar-refractivity contribution in [2.45, 2.75) is 13.5 Å². The summed E-state index contributed by atoms with van der Waals surface area (Å²) in [6, 6.07) is 13.5. The summed E-state index contributed by atoms with van der Waals surface area (Å²) in [5, 5.41) is 0.708. The molecule has 5 heteroatoms. The zero-order chi connectivity index (χ0) is 16.9. The summed E-state index contributed by atoms with van der Waals surface area (Å²) >= 11 is 0. The van der Waals surface area contributed by atoms with E-state index in [1.54, 1.807) is 19.1 Å². The van der Waals surface area contributed by atoms with Crippen molar-refractivity contribution in [2.24, 2.45) is 0 Å². The minimum absolute atomic E-state index is 0.137. The summed E-state index contributed by atoms with van der Waals surface area (Å²) in [7, 11) is 0. The number of benzene rings is 2. The molecule has 3 aromatic rings. The van der Waals surface area contributed by atoms with E-state index >= 15 is 0 Å². The number of carbonyl (C=O) groups excluding carboxylic acids is 1. The van der Waals surface area contributed by atoms with Gasteiger partial charge in [-0.1, -0.05) is 24.3 Å². The first kappa shape index (κ1) is 15.9. The maximum absolute atomic E-state index is 13.3. The fourth-order valence-electron chi connectivity index (χ4n) is 2.41. The molecule has 0 saturated carbocycles. The van der Waals surface area contributed by atoms with Crippen molar-refractivity contribution in [2.75, 3.05) is 6.61 Å². The normalized spacial score (nSPS) is 10.6. The van der Waals surface area contributed by atoms with E-state index in [0.717, 1.165) is 0 Å². The van der Waals surface area contributed by atoms with Crippen molar-refractivity contribution >= 4 is 16.9 Å². The first-order valence-electron chi connectivity index (χ1n) is 7.61. The Bertz CT molecular complexity index is 879. The summed E-state index contributed by atoms with van der Waals surface area (Å²) in [5.41, 5.74) is 1.64. The molecule has 0 aliphatic carbocycles. The number of carbonyl (C=O) groups is 1. The van der Waals surface area contributed by atoms with Crippen molar-refractivity contribution in [3.05, 3.63) is 71.7 Å². The number of hydrogen-bond acceptors (Lipinski definition) is 4. The van der Waals surface area contributed by atoms with Crippen LogP contribution in [-0.4, -0.2) is 17.6 Å². The second-order valence-electron chi connectivity index (χ2n) is 5.16. The van der Waals surface area contributed by atoms with Gasteiger partial charge in [0.25, 0.3) is 0 Å². The number of aromatic nitrogens is 1. The highest BCUT2D eigenvalue weighted by Gasteiger charge is 2.18. The van der Waals surface area contributed by atoms with Crippen LogP contribution in [-0.2, 0) is 11.3 Å². The lowest BCUT2D eigenvalue weighted by Crippen LogP contribution is -2.09. The molecule has 0 fully saturated rings. The van der Waals surface area contributed by atoms with E-state index in [-0.39, 0.29) is 24.6 Å². The average molecular weight is 325 g/mol. The Kier molecular flexibility index (Phi) is 4.70. The Balaban J connectivity index is 1.99. The molecule has 0 atom stereocenters. The summed E-state index contributed by atoms with van der Waals surface area (Å²) in [6.07, 6.45) is 1.45. The van der Waals surface area contributed by atoms with Gasteiger partial charge in [-0.25, -0.2) is 9.18 Å². The molecule has 0 spiro atoms. The number of fused-ring (bicyclic) bond motifs is 1. The minimum Gasteiger partial charge on any atom is -0.487 e. The second-order valence-corrected chi connectivity index (χ2v) is 5.16. The Morgan fingerprint density at radius 3 is 2.79 bits per heavy atom.